The van der Waals surface area contributed by atoms with Crippen LogP contribution in [-0.4, -0.2) is 21.6 Å². The van der Waals surface area contributed by atoms with Gasteiger partial charge in [-0.1, -0.05) is 11.6 Å². The number of rotatable bonds is 4. The number of alkyl halides is 2. The molecular weight excluding hydrogens is 426 g/mol. The van der Waals surface area contributed by atoms with Crippen LogP contribution in [0.1, 0.15) is 0 Å². The number of ether oxygens (including phenoxy) is 1. The fraction of sp³-hybridized carbons (Fsp3) is 0.0714. The lowest BCUT2D eigenvalue weighted by Crippen LogP contribution is -2.03. The second kappa shape index (κ2) is 6.96. The third-order valence-electron chi connectivity index (χ3n) is 2.87. The predicted molar refractivity (Wildman–Crippen MR) is 92.3 cm³/mol. The van der Waals surface area contributed by atoms with Gasteiger partial charge in [0.05, 0.1) is 15.9 Å². The molecule has 0 fully saturated rings. The first-order valence-corrected chi connectivity index (χ1v) is 8.47. The molecule has 3 aromatic rings. The van der Waals surface area contributed by atoms with Gasteiger partial charge in [-0.05, 0) is 22.0 Å². The fourth-order valence-electron chi connectivity index (χ4n) is 1.94. The maximum Gasteiger partial charge on any atom is 0.387 e. The Morgan fingerprint density at radius 3 is 2.67 bits per heavy atom. The summed E-state index contributed by atoms with van der Waals surface area (Å²) in [7, 11) is 0. The van der Waals surface area contributed by atoms with Crippen molar-refractivity contribution in [3.8, 4) is 27.8 Å². The Balaban J connectivity index is 2.13. The number of hydrogen-bond acceptors (Lipinski definition) is 6. The van der Waals surface area contributed by atoms with Crippen molar-refractivity contribution in [2.45, 2.75) is 6.61 Å². The molecule has 24 heavy (non-hydrogen) atoms. The van der Waals surface area contributed by atoms with Crippen LogP contribution in [0.3, 0.4) is 0 Å². The number of thiazole rings is 1. The smallest absolute Gasteiger partial charge is 0.387 e. The third-order valence-corrected chi connectivity index (χ3v) is 4.70. The van der Waals surface area contributed by atoms with Gasteiger partial charge in [0.2, 0.25) is 0 Å². The van der Waals surface area contributed by atoms with Crippen molar-refractivity contribution in [1.29, 1.82) is 0 Å². The highest BCUT2D eigenvalue weighted by Crippen LogP contribution is 2.36. The molecule has 124 valence electrons. The molecule has 10 heteroatoms. The van der Waals surface area contributed by atoms with Crippen LogP contribution in [0.4, 0.5) is 14.5 Å². The van der Waals surface area contributed by atoms with E-state index in [9.17, 15) is 8.78 Å². The first-order valence-electron chi connectivity index (χ1n) is 6.42. The average Bonchev–Trinajstić information content (AvgIpc) is 3.02. The van der Waals surface area contributed by atoms with E-state index in [4.69, 9.17) is 17.3 Å². The number of anilines is 1. The molecule has 0 radical (unpaired) electrons. The van der Waals surface area contributed by atoms with E-state index in [1.54, 1.807) is 17.6 Å². The molecule has 0 amide bonds. The molecule has 0 saturated heterocycles. The van der Waals surface area contributed by atoms with E-state index in [1.165, 1.54) is 23.5 Å². The van der Waals surface area contributed by atoms with Gasteiger partial charge >= 0.3 is 6.61 Å². The molecule has 0 spiro atoms. The van der Waals surface area contributed by atoms with Gasteiger partial charge in [0, 0.05) is 23.7 Å². The molecule has 0 aliphatic rings. The summed E-state index contributed by atoms with van der Waals surface area (Å²) in [5.74, 6) is -0.119. The Kier molecular flexibility index (Phi) is 4.93. The first-order chi connectivity index (χ1) is 11.4. The molecular formula is C14H8BrClF2N4OS. The number of nitrogen functional groups attached to an aromatic ring is 1. The van der Waals surface area contributed by atoms with E-state index in [-0.39, 0.29) is 16.6 Å². The maximum absolute atomic E-state index is 12.4. The van der Waals surface area contributed by atoms with Gasteiger partial charge in [0.25, 0.3) is 0 Å². The number of hydrogen-bond donors (Lipinski definition) is 1. The highest BCUT2D eigenvalue weighted by Gasteiger charge is 2.16. The van der Waals surface area contributed by atoms with Crippen molar-refractivity contribution in [2.24, 2.45) is 0 Å². The van der Waals surface area contributed by atoms with Gasteiger partial charge in [-0.25, -0.2) is 15.0 Å². The van der Waals surface area contributed by atoms with Gasteiger partial charge in [-0.2, -0.15) is 8.78 Å². The van der Waals surface area contributed by atoms with Crippen molar-refractivity contribution in [3.63, 3.8) is 0 Å². The molecule has 0 aliphatic heterocycles. The largest absolute Gasteiger partial charge is 0.435 e. The van der Waals surface area contributed by atoms with E-state index < -0.39 is 6.61 Å². The molecule has 0 bridgehead atoms. The Bertz CT molecular complexity index is 879. The predicted octanol–water partition coefficient (Wildman–Crippen LogP) is 4.87. The summed E-state index contributed by atoms with van der Waals surface area (Å²) >= 11 is 10.6. The van der Waals surface area contributed by atoms with Crippen molar-refractivity contribution in [2.75, 3.05) is 5.73 Å². The minimum Gasteiger partial charge on any atom is -0.435 e. The highest BCUT2D eigenvalue weighted by atomic mass is 79.9. The standard InChI is InChI=1S/C14H8BrClF2N4OS/c15-11-7(19)5-9(13-20-1-2-24-13)22-12(11)8-3-6(23-14(17)18)4-10(16)21-8/h1-5,14H,(H2,19,22). The minimum absolute atomic E-state index is 0.00456. The Hall–Kier alpha value is -1.84. The summed E-state index contributed by atoms with van der Waals surface area (Å²) in [5.41, 5.74) is 7.54. The second-order valence-electron chi connectivity index (χ2n) is 4.49. The maximum atomic E-state index is 12.4. The van der Waals surface area contributed by atoms with Gasteiger partial charge in [-0.15, -0.1) is 11.3 Å². The number of nitrogens with two attached hydrogens (primary N) is 1. The van der Waals surface area contributed by atoms with Gasteiger partial charge in [-0.3, -0.25) is 0 Å². The molecule has 0 unspecified atom stereocenters. The molecule has 0 atom stereocenters. The van der Waals surface area contributed by atoms with E-state index in [0.29, 0.717) is 26.6 Å². The van der Waals surface area contributed by atoms with Crippen LogP contribution in [0.5, 0.6) is 5.75 Å². The van der Waals surface area contributed by atoms with E-state index >= 15 is 0 Å². The highest BCUT2D eigenvalue weighted by molar-refractivity contribution is 9.10. The summed E-state index contributed by atoms with van der Waals surface area (Å²) in [5, 5.41) is 2.47. The van der Waals surface area contributed by atoms with E-state index in [2.05, 4.69) is 35.6 Å². The first kappa shape index (κ1) is 17.0. The number of halogens is 4. The summed E-state index contributed by atoms with van der Waals surface area (Å²) < 4.78 is 29.7. The molecule has 0 saturated carbocycles. The molecule has 3 aromatic heterocycles. The normalized spacial score (nSPS) is 11.0. The van der Waals surface area contributed by atoms with Crippen molar-refractivity contribution in [3.05, 3.63) is 39.4 Å². The molecule has 0 aromatic carbocycles. The zero-order valence-electron chi connectivity index (χ0n) is 11.7. The van der Waals surface area contributed by atoms with Crippen LogP contribution in [0.15, 0.2) is 34.2 Å². The molecule has 3 rings (SSSR count). The number of aromatic nitrogens is 3. The van der Waals surface area contributed by atoms with Crippen LogP contribution in [-0.2, 0) is 0 Å². The summed E-state index contributed by atoms with van der Waals surface area (Å²) in [6.45, 7) is -2.97. The lowest BCUT2D eigenvalue weighted by atomic mass is 10.2. The Morgan fingerprint density at radius 1 is 1.21 bits per heavy atom. The number of pyridine rings is 2. The van der Waals surface area contributed by atoms with Gasteiger partial charge < -0.3 is 10.5 Å². The Morgan fingerprint density at radius 2 is 2.00 bits per heavy atom. The zero-order valence-corrected chi connectivity index (χ0v) is 14.9. The van der Waals surface area contributed by atoms with Crippen molar-refractivity contribution in [1.82, 2.24) is 15.0 Å². The summed E-state index contributed by atoms with van der Waals surface area (Å²) in [6.07, 6.45) is 1.64. The summed E-state index contributed by atoms with van der Waals surface area (Å²) in [6, 6.07) is 4.17. The van der Waals surface area contributed by atoms with Crippen LogP contribution in [0.2, 0.25) is 5.15 Å². The van der Waals surface area contributed by atoms with Crippen LogP contribution in [0, 0.1) is 0 Å². The van der Waals surface area contributed by atoms with Crippen LogP contribution in [0.25, 0.3) is 22.1 Å². The van der Waals surface area contributed by atoms with E-state index in [0.717, 1.165) is 0 Å². The quantitative estimate of drug-likeness (QED) is 0.594. The van der Waals surface area contributed by atoms with Crippen molar-refractivity contribution >= 4 is 44.6 Å². The topological polar surface area (TPSA) is 73.9 Å². The van der Waals surface area contributed by atoms with E-state index in [1.807, 2.05) is 0 Å². The SMILES string of the molecule is Nc1cc(-c2nccs2)nc(-c2cc(OC(F)F)cc(Cl)n2)c1Br. The monoisotopic (exact) mass is 432 g/mol. The second-order valence-corrected chi connectivity index (χ2v) is 6.56. The molecule has 0 aliphatic carbocycles. The zero-order chi connectivity index (χ0) is 17.3. The minimum atomic E-state index is -2.97. The Labute approximate surface area is 152 Å². The molecule has 3 heterocycles. The molecule has 5 nitrogen and oxygen atoms in total. The van der Waals surface area contributed by atoms with Gasteiger partial charge in [0.1, 0.15) is 27.3 Å². The van der Waals surface area contributed by atoms with Crippen LogP contribution >= 0.6 is 38.9 Å². The summed E-state index contributed by atoms with van der Waals surface area (Å²) in [4.78, 5) is 12.8. The van der Waals surface area contributed by atoms with Crippen LogP contribution < -0.4 is 10.5 Å². The van der Waals surface area contributed by atoms with Crippen molar-refractivity contribution < 1.29 is 13.5 Å². The van der Waals surface area contributed by atoms with Gasteiger partial charge in [0.15, 0.2) is 0 Å². The molecule has 2 N–H and O–H groups in total. The lowest BCUT2D eigenvalue weighted by molar-refractivity contribution is -0.0498. The average molecular weight is 434 g/mol. The lowest BCUT2D eigenvalue weighted by Gasteiger charge is -2.11. The number of nitrogens with zero attached hydrogens (tertiary/aromatic N) is 3. The fourth-order valence-corrected chi connectivity index (χ4v) is 3.15. The third kappa shape index (κ3) is 3.63.